The number of amides is 1. The molecule has 0 saturated carbocycles. The Labute approximate surface area is 110 Å². The number of hydrogen-bond donors (Lipinski definition) is 1. The molecular weight excluding hydrogens is 280 g/mol. The summed E-state index contributed by atoms with van der Waals surface area (Å²) in [5.74, 6) is 0.128. The highest BCUT2D eigenvalue weighted by Gasteiger charge is 2.24. The van der Waals surface area contributed by atoms with E-state index < -0.39 is 0 Å². The summed E-state index contributed by atoms with van der Waals surface area (Å²) in [7, 11) is 0. The minimum Gasteiger partial charge on any atom is -0.333 e. The van der Waals surface area contributed by atoms with Gasteiger partial charge in [0.2, 0.25) is 0 Å². The molecule has 0 aromatic heterocycles. The summed E-state index contributed by atoms with van der Waals surface area (Å²) in [6, 6.07) is 6.11. The summed E-state index contributed by atoms with van der Waals surface area (Å²) >= 11 is 3.44. The third-order valence-corrected chi connectivity index (χ3v) is 3.51. The molecule has 0 spiro atoms. The van der Waals surface area contributed by atoms with Gasteiger partial charge in [-0.05, 0) is 37.6 Å². The molecule has 4 heteroatoms. The van der Waals surface area contributed by atoms with Gasteiger partial charge in [-0.3, -0.25) is 4.79 Å². The molecule has 1 aromatic rings. The molecular formula is C13H17BrN2O. The molecule has 1 atom stereocenters. The largest absolute Gasteiger partial charge is 0.333 e. The Bertz CT molecular complexity index is 413. The van der Waals surface area contributed by atoms with Crippen LogP contribution >= 0.6 is 15.9 Å². The second kappa shape index (κ2) is 5.19. The van der Waals surface area contributed by atoms with E-state index in [0.29, 0.717) is 0 Å². The van der Waals surface area contributed by atoms with Gasteiger partial charge in [-0.15, -0.1) is 0 Å². The van der Waals surface area contributed by atoms with Crippen LogP contribution in [0.5, 0.6) is 0 Å². The van der Waals surface area contributed by atoms with E-state index in [4.69, 9.17) is 0 Å². The maximum absolute atomic E-state index is 12.4. The lowest BCUT2D eigenvalue weighted by Gasteiger charge is -2.34. The van der Waals surface area contributed by atoms with Crippen LogP contribution in [0.4, 0.5) is 0 Å². The summed E-state index contributed by atoms with van der Waals surface area (Å²) in [6.07, 6.45) is 0. The zero-order valence-electron chi connectivity index (χ0n) is 10.2. The smallest absolute Gasteiger partial charge is 0.254 e. The van der Waals surface area contributed by atoms with Crippen molar-refractivity contribution in [1.82, 2.24) is 10.2 Å². The number of benzene rings is 1. The molecule has 1 aliphatic heterocycles. The zero-order chi connectivity index (χ0) is 12.4. The Kier molecular flexibility index (Phi) is 3.84. The van der Waals surface area contributed by atoms with Crippen LogP contribution < -0.4 is 5.32 Å². The Hall–Kier alpha value is -0.870. The van der Waals surface area contributed by atoms with Gasteiger partial charge in [-0.25, -0.2) is 0 Å². The Morgan fingerprint density at radius 3 is 2.88 bits per heavy atom. The standard InChI is InChI=1S/C13H17BrN2O/c1-9-5-11(7-12(14)6-9)13(17)16-4-3-15-8-10(16)2/h5-7,10,15H,3-4,8H2,1-2H3. The number of nitrogens with zero attached hydrogens (tertiary/aromatic N) is 1. The first-order chi connectivity index (χ1) is 8.08. The molecule has 1 fully saturated rings. The third kappa shape index (κ3) is 2.87. The topological polar surface area (TPSA) is 32.3 Å². The Morgan fingerprint density at radius 2 is 2.24 bits per heavy atom. The fourth-order valence-corrected chi connectivity index (χ4v) is 2.78. The van der Waals surface area contributed by atoms with E-state index in [1.54, 1.807) is 0 Å². The van der Waals surface area contributed by atoms with Gasteiger partial charge in [-0.2, -0.15) is 0 Å². The summed E-state index contributed by atoms with van der Waals surface area (Å²) in [6.45, 7) is 6.62. The Balaban J connectivity index is 2.23. The zero-order valence-corrected chi connectivity index (χ0v) is 11.8. The van der Waals surface area contributed by atoms with E-state index in [1.165, 1.54) is 0 Å². The second-order valence-corrected chi connectivity index (χ2v) is 5.48. The van der Waals surface area contributed by atoms with Crippen LogP contribution in [0.2, 0.25) is 0 Å². The predicted molar refractivity (Wildman–Crippen MR) is 72.2 cm³/mol. The van der Waals surface area contributed by atoms with Crippen molar-refractivity contribution in [1.29, 1.82) is 0 Å². The number of nitrogens with one attached hydrogen (secondary N) is 1. The lowest BCUT2D eigenvalue weighted by molar-refractivity contribution is 0.0655. The maximum Gasteiger partial charge on any atom is 0.254 e. The van der Waals surface area contributed by atoms with Crippen molar-refractivity contribution in [3.8, 4) is 0 Å². The number of aryl methyl sites for hydroxylation is 1. The average molecular weight is 297 g/mol. The normalized spacial score (nSPS) is 20.4. The van der Waals surface area contributed by atoms with Gasteiger partial charge in [0, 0.05) is 35.7 Å². The number of rotatable bonds is 1. The fraction of sp³-hybridized carbons (Fsp3) is 0.462. The van der Waals surface area contributed by atoms with Crippen molar-refractivity contribution in [2.45, 2.75) is 19.9 Å². The van der Waals surface area contributed by atoms with E-state index in [2.05, 4.69) is 28.2 Å². The van der Waals surface area contributed by atoms with Gasteiger partial charge in [0.1, 0.15) is 0 Å². The van der Waals surface area contributed by atoms with Gasteiger partial charge in [0.15, 0.2) is 0 Å². The molecule has 1 aromatic carbocycles. The number of hydrogen-bond acceptors (Lipinski definition) is 2. The minimum atomic E-state index is 0.128. The van der Waals surface area contributed by atoms with Crippen LogP contribution in [-0.4, -0.2) is 36.5 Å². The molecule has 92 valence electrons. The summed E-state index contributed by atoms with van der Waals surface area (Å²) in [4.78, 5) is 14.3. The molecule has 0 radical (unpaired) electrons. The molecule has 0 aliphatic carbocycles. The molecule has 3 nitrogen and oxygen atoms in total. The molecule has 1 saturated heterocycles. The minimum absolute atomic E-state index is 0.128. The highest BCUT2D eigenvalue weighted by Crippen LogP contribution is 2.18. The quantitative estimate of drug-likeness (QED) is 0.862. The molecule has 1 amide bonds. The summed E-state index contributed by atoms with van der Waals surface area (Å²) in [5.41, 5.74) is 1.87. The highest BCUT2D eigenvalue weighted by molar-refractivity contribution is 9.10. The first-order valence-electron chi connectivity index (χ1n) is 5.87. The lowest BCUT2D eigenvalue weighted by atomic mass is 10.1. The van der Waals surface area contributed by atoms with Crippen molar-refractivity contribution in [3.05, 3.63) is 33.8 Å². The van der Waals surface area contributed by atoms with E-state index in [9.17, 15) is 4.79 Å². The van der Waals surface area contributed by atoms with Crippen molar-refractivity contribution >= 4 is 21.8 Å². The Morgan fingerprint density at radius 1 is 1.47 bits per heavy atom. The molecule has 1 heterocycles. The first kappa shape index (κ1) is 12.6. The molecule has 1 unspecified atom stereocenters. The molecule has 1 aliphatic rings. The van der Waals surface area contributed by atoms with Gasteiger partial charge in [-0.1, -0.05) is 15.9 Å². The average Bonchev–Trinajstić information content (AvgIpc) is 2.27. The number of halogens is 1. The van der Waals surface area contributed by atoms with Crippen LogP contribution in [0.15, 0.2) is 22.7 Å². The number of piperazine rings is 1. The molecule has 1 N–H and O–H groups in total. The lowest BCUT2D eigenvalue weighted by Crippen LogP contribution is -2.52. The van der Waals surface area contributed by atoms with Crippen LogP contribution in [0.3, 0.4) is 0 Å². The summed E-state index contributed by atoms with van der Waals surface area (Å²) in [5, 5.41) is 3.29. The monoisotopic (exact) mass is 296 g/mol. The van der Waals surface area contributed by atoms with Gasteiger partial charge in [0.05, 0.1) is 0 Å². The van der Waals surface area contributed by atoms with Crippen molar-refractivity contribution < 1.29 is 4.79 Å². The summed E-state index contributed by atoms with van der Waals surface area (Å²) < 4.78 is 0.962. The first-order valence-corrected chi connectivity index (χ1v) is 6.66. The van der Waals surface area contributed by atoms with E-state index in [0.717, 1.165) is 35.2 Å². The third-order valence-electron chi connectivity index (χ3n) is 3.05. The van der Waals surface area contributed by atoms with Crippen LogP contribution in [0.1, 0.15) is 22.8 Å². The molecule has 0 bridgehead atoms. The second-order valence-electron chi connectivity index (χ2n) is 4.57. The predicted octanol–water partition coefficient (Wildman–Crippen LogP) is 2.19. The molecule has 17 heavy (non-hydrogen) atoms. The van der Waals surface area contributed by atoms with E-state index >= 15 is 0 Å². The number of carbonyl (C=O) groups is 1. The van der Waals surface area contributed by atoms with E-state index in [1.807, 2.05) is 30.0 Å². The van der Waals surface area contributed by atoms with Crippen molar-refractivity contribution in [2.24, 2.45) is 0 Å². The maximum atomic E-state index is 12.4. The van der Waals surface area contributed by atoms with Gasteiger partial charge in [0.25, 0.3) is 5.91 Å². The van der Waals surface area contributed by atoms with Crippen molar-refractivity contribution in [2.75, 3.05) is 19.6 Å². The van der Waals surface area contributed by atoms with Gasteiger partial charge < -0.3 is 10.2 Å². The van der Waals surface area contributed by atoms with Crippen LogP contribution in [-0.2, 0) is 0 Å². The van der Waals surface area contributed by atoms with Crippen LogP contribution in [0.25, 0.3) is 0 Å². The van der Waals surface area contributed by atoms with Gasteiger partial charge >= 0.3 is 0 Å². The van der Waals surface area contributed by atoms with E-state index in [-0.39, 0.29) is 11.9 Å². The van der Waals surface area contributed by atoms with Crippen molar-refractivity contribution in [3.63, 3.8) is 0 Å². The SMILES string of the molecule is Cc1cc(Br)cc(C(=O)N2CCNCC2C)c1. The fourth-order valence-electron chi connectivity index (χ4n) is 2.17. The number of carbonyl (C=O) groups excluding carboxylic acids is 1. The van der Waals surface area contributed by atoms with Crippen LogP contribution in [0, 0.1) is 6.92 Å². The molecule has 2 rings (SSSR count). The highest BCUT2D eigenvalue weighted by atomic mass is 79.9.